The molecule has 0 unspecified atom stereocenters. The van der Waals surface area contributed by atoms with Gasteiger partial charge in [0, 0.05) is 18.7 Å². The minimum atomic E-state index is 0.309. The molecule has 1 rings (SSSR count). The fourth-order valence-electron chi connectivity index (χ4n) is 2.16. The topological polar surface area (TPSA) is 70.6 Å². The molecule has 0 spiro atoms. The number of nitrogens with zero attached hydrogens (tertiary/aromatic N) is 1. The zero-order valence-electron chi connectivity index (χ0n) is 11.9. The monoisotopic (exact) mass is 263 g/mol. The molecule has 4 nitrogen and oxygen atoms in total. The highest BCUT2D eigenvalue weighted by Gasteiger charge is 2.05. The number of oxime groups is 1. The molecule has 1 aromatic carbocycles. The van der Waals surface area contributed by atoms with Crippen molar-refractivity contribution in [1.82, 2.24) is 0 Å². The molecule has 0 aromatic heterocycles. The number of aryl methyl sites for hydroxylation is 2. The standard InChI is InChI=1S/C15H25N3O/c1-3-12-8-7-9-13(4-2)15(12)17-11-6-5-10-14(16)18-19/h7-9,17,19H,3-6,10-11H2,1-2H3,(H2,16,18). The summed E-state index contributed by atoms with van der Waals surface area (Å²) in [6, 6.07) is 6.48. The molecule has 0 saturated carbocycles. The summed E-state index contributed by atoms with van der Waals surface area (Å²) in [5.41, 5.74) is 9.47. The quantitative estimate of drug-likeness (QED) is 0.222. The second kappa shape index (κ2) is 8.40. The van der Waals surface area contributed by atoms with Crippen LogP contribution in [0, 0.1) is 0 Å². The van der Waals surface area contributed by atoms with Gasteiger partial charge in [0.05, 0.1) is 0 Å². The number of benzene rings is 1. The fourth-order valence-corrected chi connectivity index (χ4v) is 2.16. The van der Waals surface area contributed by atoms with Gasteiger partial charge in [0.2, 0.25) is 0 Å². The third kappa shape index (κ3) is 4.81. The number of nitrogens with two attached hydrogens (primary N) is 1. The Kier molecular flexibility index (Phi) is 6.79. The third-order valence-electron chi connectivity index (χ3n) is 3.29. The van der Waals surface area contributed by atoms with E-state index in [1.165, 1.54) is 16.8 Å². The number of anilines is 1. The van der Waals surface area contributed by atoms with Crippen molar-refractivity contribution in [2.45, 2.75) is 46.0 Å². The average molecular weight is 263 g/mol. The zero-order chi connectivity index (χ0) is 14.1. The van der Waals surface area contributed by atoms with Crippen molar-refractivity contribution >= 4 is 11.5 Å². The molecule has 0 aliphatic carbocycles. The first-order valence-corrected chi connectivity index (χ1v) is 7.03. The Morgan fingerprint density at radius 2 is 1.84 bits per heavy atom. The van der Waals surface area contributed by atoms with E-state index in [1.807, 2.05) is 0 Å². The van der Waals surface area contributed by atoms with E-state index in [0.717, 1.165) is 32.2 Å². The van der Waals surface area contributed by atoms with Gasteiger partial charge in [-0.25, -0.2) is 0 Å². The normalized spacial score (nSPS) is 11.6. The Morgan fingerprint density at radius 1 is 1.21 bits per heavy atom. The van der Waals surface area contributed by atoms with Crippen molar-refractivity contribution in [3.8, 4) is 0 Å². The van der Waals surface area contributed by atoms with Crippen molar-refractivity contribution < 1.29 is 5.21 Å². The summed E-state index contributed by atoms with van der Waals surface area (Å²) >= 11 is 0. The average Bonchev–Trinajstić information content (AvgIpc) is 2.46. The number of hydrogen-bond acceptors (Lipinski definition) is 3. The first kappa shape index (κ1) is 15.3. The summed E-state index contributed by atoms with van der Waals surface area (Å²) < 4.78 is 0. The Bertz CT molecular complexity index is 394. The van der Waals surface area contributed by atoms with Crippen molar-refractivity contribution in [3.05, 3.63) is 29.3 Å². The first-order chi connectivity index (χ1) is 9.22. The number of amidine groups is 1. The van der Waals surface area contributed by atoms with Crippen LogP contribution < -0.4 is 11.1 Å². The van der Waals surface area contributed by atoms with Crippen LogP contribution in [0.3, 0.4) is 0 Å². The van der Waals surface area contributed by atoms with Gasteiger partial charge in [0.25, 0.3) is 0 Å². The molecule has 0 heterocycles. The van der Waals surface area contributed by atoms with Gasteiger partial charge in [-0.3, -0.25) is 0 Å². The highest BCUT2D eigenvalue weighted by Crippen LogP contribution is 2.22. The van der Waals surface area contributed by atoms with E-state index in [4.69, 9.17) is 10.9 Å². The van der Waals surface area contributed by atoms with Gasteiger partial charge in [-0.15, -0.1) is 0 Å². The molecule has 106 valence electrons. The predicted octanol–water partition coefficient (Wildman–Crippen LogP) is 3.14. The van der Waals surface area contributed by atoms with Gasteiger partial charge in [-0.2, -0.15) is 0 Å². The molecular formula is C15H25N3O. The van der Waals surface area contributed by atoms with Crippen LogP contribution >= 0.6 is 0 Å². The molecule has 0 aliphatic rings. The summed E-state index contributed by atoms with van der Waals surface area (Å²) in [6.45, 7) is 5.28. The predicted molar refractivity (Wildman–Crippen MR) is 80.9 cm³/mol. The molecule has 0 radical (unpaired) electrons. The van der Waals surface area contributed by atoms with Crippen LogP contribution in [0.15, 0.2) is 23.4 Å². The molecule has 0 fully saturated rings. The molecule has 0 saturated heterocycles. The first-order valence-electron chi connectivity index (χ1n) is 7.03. The van der Waals surface area contributed by atoms with Crippen LogP contribution in [0.4, 0.5) is 5.69 Å². The van der Waals surface area contributed by atoms with Crippen LogP contribution in [0.2, 0.25) is 0 Å². The molecule has 0 amide bonds. The summed E-state index contributed by atoms with van der Waals surface area (Å²) in [6.07, 6.45) is 4.67. The van der Waals surface area contributed by atoms with Crippen molar-refractivity contribution in [1.29, 1.82) is 0 Å². The Labute approximate surface area is 115 Å². The smallest absolute Gasteiger partial charge is 0.139 e. The number of hydrogen-bond donors (Lipinski definition) is 3. The molecule has 1 aromatic rings. The lowest BCUT2D eigenvalue weighted by Crippen LogP contribution is -2.12. The second-order valence-corrected chi connectivity index (χ2v) is 4.63. The van der Waals surface area contributed by atoms with E-state index in [0.29, 0.717) is 12.3 Å². The minimum absolute atomic E-state index is 0.309. The Morgan fingerprint density at radius 3 is 2.37 bits per heavy atom. The summed E-state index contributed by atoms with van der Waals surface area (Å²) in [5.74, 6) is 0.309. The van der Waals surface area contributed by atoms with Crippen LogP contribution in [-0.2, 0) is 12.8 Å². The maximum absolute atomic E-state index is 8.45. The van der Waals surface area contributed by atoms with Crippen molar-refractivity contribution in [3.63, 3.8) is 0 Å². The van der Waals surface area contributed by atoms with E-state index in [-0.39, 0.29) is 0 Å². The van der Waals surface area contributed by atoms with Gasteiger partial charge in [0.15, 0.2) is 0 Å². The maximum Gasteiger partial charge on any atom is 0.139 e. The van der Waals surface area contributed by atoms with Gasteiger partial charge >= 0.3 is 0 Å². The van der Waals surface area contributed by atoms with Crippen LogP contribution in [-0.4, -0.2) is 17.6 Å². The molecule has 19 heavy (non-hydrogen) atoms. The summed E-state index contributed by atoms with van der Waals surface area (Å²) in [4.78, 5) is 0. The third-order valence-corrected chi connectivity index (χ3v) is 3.29. The van der Waals surface area contributed by atoms with Crippen molar-refractivity contribution in [2.24, 2.45) is 10.9 Å². The van der Waals surface area contributed by atoms with Gasteiger partial charge in [0.1, 0.15) is 5.84 Å². The van der Waals surface area contributed by atoms with Gasteiger partial charge < -0.3 is 16.3 Å². The second-order valence-electron chi connectivity index (χ2n) is 4.63. The van der Waals surface area contributed by atoms with E-state index < -0.39 is 0 Å². The van der Waals surface area contributed by atoms with E-state index >= 15 is 0 Å². The SMILES string of the molecule is CCc1cccc(CC)c1NCCCCC(N)=NO. The molecule has 4 heteroatoms. The van der Waals surface area contributed by atoms with Gasteiger partial charge in [-0.05, 0) is 36.8 Å². The molecule has 4 N–H and O–H groups in total. The summed E-state index contributed by atoms with van der Waals surface area (Å²) in [7, 11) is 0. The van der Waals surface area contributed by atoms with Crippen LogP contribution in [0.1, 0.15) is 44.2 Å². The Balaban J connectivity index is 2.48. The zero-order valence-corrected chi connectivity index (χ0v) is 11.9. The summed E-state index contributed by atoms with van der Waals surface area (Å²) in [5, 5.41) is 15.0. The molecule has 0 bridgehead atoms. The Hall–Kier alpha value is -1.71. The molecule has 0 aliphatic heterocycles. The lowest BCUT2D eigenvalue weighted by Gasteiger charge is -2.15. The van der Waals surface area contributed by atoms with E-state index in [9.17, 15) is 0 Å². The lowest BCUT2D eigenvalue weighted by atomic mass is 10.0. The number of nitrogens with one attached hydrogen (secondary N) is 1. The number of unbranched alkanes of at least 4 members (excludes halogenated alkanes) is 1. The highest BCUT2D eigenvalue weighted by atomic mass is 16.4. The van der Waals surface area contributed by atoms with Crippen molar-refractivity contribution in [2.75, 3.05) is 11.9 Å². The van der Waals surface area contributed by atoms with Gasteiger partial charge in [-0.1, -0.05) is 37.2 Å². The largest absolute Gasteiger partial charge is 0.409 e. The highest BCUT2D eigenvalue weighted by molar-refractivity contribution is 5.79. The minimum Gasteiger partial charge on any atom is -0.409 e. The van der Waals surface area contributed by atoms with E-state index in [1.54, 1.807) is 0 Å². The van der Waals surface area contributed by atoms with E-state index in [2.05, 4.69) is 42.5 Å². The molecule has 0 atom stereocenters. The lowest BCUT2D eigenvalue weighted by molar-refractivity contribution is 0.316. The number of rotatable bonds is 8. The molecular weight excluding hydrogens is 238 g/mol. The number of para-hydroxylation sites is 1. The maximum atomic E-state index is 8.45. The van der Waals surface area contributed by atoms with Crippen LogP contribution in [0.5, 0.6) is 0 Å². The van der Waals surface area contributed by atoms with Crippen LogP contribution in [0.25, 0.3) is 0 Å². The fraction of sp³-hybridized carbons (Fsp3) is 0.533.